The topological polar surface area (TPSA) is 167 Å². The van der Waals surface area contributed by atoms with Crippen molar-refractivity contribution in [3.8, 4) is 28.1 Å². The number of esters is 1. The number of piperidine rings is 1. The van der Waals surface area contributed by atoms with Crippen LogP contribution in [-0.4, -0.2) is 107 Å². The van der Waals surface area contributed by atoms with Crippen molar-refractivity contribution in [3.05, 3.63) is 71.5 Å². The van der Waals surface area contributed by atoms with Crippen LogP contribution >= 0.6 is 0 Å². The quantitative estimate of drug-likeness (QED) is 0.143. The third-order valence-corrected chi connectivity index (χ3v) is 14.1. The highest BCUT2D eigenvalue weighted by Gasteiger charge is 2.64. The average Bonchev–Trinajstić information content (AvgIpc) is 3.70. The number of likely N-dealkylation sites (N-methyl/N-ethyl adjacent to an activating group) is 1. The van der Waals surface area contributed by atoms with E-state index >= 15 is 0 Å². The number of hydrogen-bond acceptors (Lipinski definition) is 10. The molecule has 4 N–H and O–H groups in total. The zero-order chi connectivity index (χ0) is 45.7. The smallest absolute Gasteiger partial charge is 0.324 e. The van der Waals surface area contributed by atoms with Crippen LogP contribution in [0.4, 0.5) is 0 Å². The molecule has 8 rings (SSSR count). The number of nitrogens with zero attached hydrogens (tertiary/aromatic N) is 4. The SMILES string of the molecule is CCn1c(-c2cccnc2[C@H](C)OC)c2c3cc(ccc31)-c1cc(O)cc(c1)C[C@H](CNC(=O)[C@H](C(C)C)N(C)C(=O)[C@]13CNCC1C3)C(=O)N1CCC[C@H](N1)C(=O)OCC(C)(C)C2. The minimum Gasteiger partial charge on any atom is -0.508 e. The summed E-state index contributed by atoms with van der Waals surface area (Å²) in [7, 11) is 3.39. The first-order chi connectivity index (χ1) is 30.5. The second-order valence-electron chi connectivity index (χ2n) is 19.7. The molecule has 6 atom stereocenters. The minimum absolute atomic E-state index is 0.0225. The third-order valence-electron chi connectivity index (χ3n) is 14.1. The van der Waals surface area contributed by atoms with Crippen molar-refractivity contribution in [2.75, 3.05) is 46.9 Å². The minimum atomic E-state index is -0.781. The summed E-state index contributed by atoms with van der Waals surface area (Å²) in [4.78, 5) is 62.9. The number of phenols is 1. The Bertz CT molecular complexity index is 2450. The molecule has 1 aliphatic carbocycles. The Morgan fingerprint density at radius 3 is 2.61 bits per heavy atom. The molecule has 4 aliphatic rings. The van der Waals surface area contributed by atoms with E-state index in [0.717, 1.165) is 57.5 Å². The molecule has 1 unspecified atom stereocenters. The Hall–Kier alpha value is -5.31. The molecule has 4 aromatic rings. The average molecular weight is 876 g/mol. The number of hydrogen-bond donors (Lipinski definition) is 4. The number of benzene rings is 2. The summed E-state index contributed by atoms with van der Waals surface area (Å²) in [6, 6.07) is 14.3. The molecule has 5 heterocycles. The second kappa shape index (κ2) is 17.9. The van der Waals surface area contributed by atoms with Crippen LogP contribution < -0.4 is 16.1 Å². The van der Waals surface area contributed by atoms with Crippen molar-refractivity contribution < 1.29 is 33.8 Å². The first-order valence-corrected chi connectivity index (χ1v) is 23.0. The Labute approximate surface area is 376 Å². The van der Waals surface area contributed by atoms with Crippen LogP contribution in [0.3, 0.4) is 0 Å². The Morgan fingerprint density at radius 2 is 1.91 bits per heavy atom. The fourth-order valence-corrected chi connectivity index (χ4v) is 10.6. The number of carbonyl (C=O) groups is 4. The van der Waals surface area contributed by atoms with Gasteiger partial charge in [-0.1, -0.05) is 39.8 Å². The molecule has 342 valence electrons. The number of pyridine rings is 1. The Morgan fingerprint density at radius 1 is 1.11 bits per heavy atom. The Kier molecular flexibility index (Phi) is 12.7. The van der Waals surface area contributed by atoms with E-state index in [1.165, 1.54) is 5.01 Å². The van der Waals surface area contributed by atoms with Crippen molar-refractivity contribution in [1.82, 2.24) is 35.5 Å². The van der Waals surface area contributed by atoms with Crippen molar-refractivity contribution in [2.45, 2.75) is 98.4 Å². The number of aryl methyl sites for hydroxylation is 1. The summed E-state index contributed by atoms with van der Waals surface area (Å²) >= 11 is 0. The number of fused-ring (bicyclic) bond motifs is 7. The van der Waals surface area contributed by atoms with Gasteiger partial charge in [-0.05, 0) is 123 Å². The van der Waals surface area contributed by atoms with E-state index in [0.29, 0.717) is 50.4 Å². The van der Waals surface area contributed by atoms with Crippen LogP contribution in [-0.2, 0) is 48.0 Å². The molecule has 2 aromatic heterocycles. The molecular weight excluding hydrogens is 811 g/mol. The summed E-state index contributed by atoms with van der Waals surface area (Å²) < 4.78 is 14.2. The van der Waals surface area contributed by atoms with Gasteiger partial charge in [0.2, 0.25) is 17.7 Å². The molecule has 3 fully saturated rings. The molecule has 2 aromatic carbocycles. The largest absolute Gasteiger partial charge is 0.508 e. The zero-order valence-corrected chi connectivity index (χ0v) is 38.6. The van der Waals surface area contributed by atoms with E-state index in [4.69, 9.17) is 14.5 Å². The summed E-state index contributed by atoms with van der Waals surface area (Å²) in [5.41, 5.74) is 9.55. The predicted octanol–water partition coefficient (Wildman–Crippen LogP) is 5.79. The number of amides is 3. The number of aromatic hydroxyl groups is 1. The maximum atomic E-state index is 14.6. The van der Waals surface area contributed by atoms with E-state index < -0.39 is 34.8 Å². The number of ether oxygens (including phenoxy) is 2. The van der Waals surface area contributed by atoms with E-state index in [1.54, 1.807) is 37.4 Å². The zero-order valence-electron chi connectivity index (χ0n) is 38.6. The molecule has 0 spiro atoms. The molecule has 3 aliphatic heterocycles. The number of carbonyl (C=O) groups excluding carboxylic acids is 4. The van der Waals surface area contributed by atoms with E-state index in [-0.39, 0.29) is 55.1 Å². The van der Waals surface area contributed by atoms with Crippen molar-refractivity contribution >= 4 is 34.6 Å². The first-order valence-electron chi connectivity index (χ1n) is 23.0. The monoisotopic (exact) mass is 875 g/mol. The van der Waals surface area contributed by atoms with Crippen LogP contribution in [0, 0.1) is 28.6 Å². The highest BCUT2D eigenvalue weighted by Crippen LogP contribution is 2.56. The predicted molar refractivity (Wildman–Crippen MR) is 245 cm³/mol. The molecule has 1 saturated carbocycles. The van der Waals surface area contributed by atoms with Crippen LogP contribution in [0.5, 0.6) is 5.75 Å². The van der Waals surface area contributed by atoms with Gasteiger partial charge in [0.15, 0.2) is 0 Å². The number of rotatable bonds is 10. The third kappa shape index (κ3) is 8.64. The molecule has 2 saturated heterocycles. The number of hydrazine groups is 1. The van der Waals surface area contributed by atoms with Crippen molar-refractivity contribution in [2.24, 2.45) is 28.6 Å². The number of phenolic OH excluding ortho intramolecular Hbond substituents is 1. The second-order valence-corrected chi connectivity index (χ2v) is 19.7. The van der Waals surface area contributed by atoms with Gasteiger partial charge >= 0.3 is 5.97 Å². The van der Waals surface area contributed by atoms with Gasteiger partial charge in [-0.3, -0.25) is 29.2 Å². The van der Waals surface area contributed by atoms with Gasteiger partial charge in [0.25, 0.3) is 0 Å². The summed E-state index contributed by atoms with van der Waals surface area (Å²) in [5, 5.41) is 20.2. The molecular formula is C50H65N7O7. The lowest BCUT2D eigenvalue weighted by Gasteiger charge is -2.36. The molecule has 6 bridgehead atoms. The lowest BCUT2D eigenvalue weighted by Crippen LogP contribution is -2.58. The van der Waals surface area contributed by atoms with Gasteiger partial charge in [0, 0.05) is 68.4 Å². The highest BCUT2D eigenvalue weighted by molar-refractivity contribution is 5.96. The standard InChI is InChI=1S/C50H65N7O7/c1-9-56-41-15-14-32-22-38(41)39(44(56)37-12-10-16-52-42(37)30(4)63-8)24-49(5,6)28-64-47(61)40-13-11-17-57(54-40)46(60)34(19-31-18-33(32)21-36(58)20-31)25-53-45(59)43(29(2)3)55(7)48(62)50-23-35(50)26-51-27-50/h10,12,14-16,18,20-22,29-30,34-35,40,43,51,54,58H,9,11,13,17,19,23-28H2,1-8H3,(H,53,59)/t30-,34+,35?,40-,43-,50+/m0/s1. The van der Waals surface area contributed by atoms with Crippen LogP contribution in [0.25, 0.3) is 33.3 Å². The molecule has 0 radical (unpaired) electrons. The lowest BCUT2D eigenvalue weighted by molar-refractivity contribution is -0.155. The van der Waals surface area contributed by atoms with Gasteiger partial charge in [0.1, 0.15) is 17.8 Å². The number of nitrogens with one attached hydrogen (secondary N) is 3. The van der Waals surface area contributed by atoms with E-state index in [1.807, 2.05) is 32.9 Å². The number of cyclic esters (lactones) is 1. The van der Waals surface area contributed by atoms with Gasteiger partial charge in [-0.15, -0.1) is 0 Å². The van der Waals surface area contributed by atoms with Crippen LogP contribution in [0.15, 0.2) is 54.7 Å². The van der Waals surface area contributed by atoms with Crippen molar-refractivity contribution in [1.29, 1.82) is 0 Å². The van der Waals surface area contributed by atoms with E-state index in [2.05, 4.69) is 65.7 Å². The highest BCUT2D eigenvalue weighted by atomic mass is 16.5. The number of aromatic nitrogens is 2. The first kappa shape index (κ1) is 45.3. The fourth-order valence-electron chi connectivity index (χ4n) is 10.6. The summed E-state index contributed by atoms with van der Waals surface area (Å²) in [6.45, 7) is 14.8. The van der Waals surface area contributed by atoms with Gasteiger partial charge in [0.05, 0.1) is 35.4 Å². The van der Waals surface area contributed by atoms with Crippen molar-refractivity contribution in [3.63, 3.8) is 0 Å². The van der Waals surface area contributed by atoms with E-state index in [9.17, 15) is 24.3 Å². The fraction of sp³-hybridized carbons (Fsp3) is 0.540. The molecule has 64 heavy (non-hydrogen) atoms. The summed E-state index contributed by atoms with van der Waals surface area (Å²) in [6.07, 6.45) is 4.17. The normalized spacial score (nSPS) is 24.1. The molecule has 14 heteroatoms. The van der Waals surface area contributed by atoms with Crippen LogP contribution in [0.2, 0.25) is 0 Å². The van der Waals surface area contributed by atoms with Gasteiger partial charge in [-0.2, -0.15) is 0 Å². The van der Waals surface area contributed by atoms with Gasteiger partial charge in [-0.25, -0.2) is 5.43 Å². The summed E-state index contributed by atoms with van der Waals surface area (Å²) in [5.74, 6) is -1.69. The maximum absolute atomic E-state index is 14.6. The van der Waals surface area contributed by atoms with Crippen LogP contribution in [0.1, 0.15) is 83.7 Å². The molecule has 3 amide bonds. The molecule has 14 nitrogen and oxygen atoms in total. The van der Waals surface area contributed by atoms with Gasteiger partial charge < -0.3 is 34.7 Å². The Balaban J connectivity index is 1.19. The number of methoxy groups -OCH3 is 1. The maximum Gasteiger partial charge on any atom is 0.324 e. The lowest BCUT2D eigenvalue weighted by atomic mass is 9.84.